The van der Waals surface area contributed by atoms with E-state index in [9.17, 15) is 4.79 Å². The molecule has 0 fully saturated rings. The number of pyridine rings is 1. The van der Waals surface area contributed by atoms with Crippen LogP contribution in [0.2, 0.25) is 0 Å². The summed E-state index contributed by atoms with van der Waals surface area (Å²) in [6, 6.07) is 3.89. The number of fused-ring (bicyclic) bond motifs is 1. The molecule has 15 heavy (non-hydrogen) atoms. The smallest absolute Gasteiger partial charge is 0.272 e. The molecule has 0 aliphatic carbocycles. The summed E-state index contributed by atoms with van der Waals surface area (Å²) in [6.07, 6.45) is 3.64. The van der Waals surface area contributed by atoms with Crippen molar-refractivity contribution in [3.05, 3.63) is 34.9 Å². The average Bonchev–Trinajstić information content (AvgIpc) is 2.59. The van der Waals surface area contributed by atoms with Crippen LogP contribution in [0.4, 0.5) is 0 Å². The Balaban J connectivity index is 2.40. The maximum atomic E-state index is 11.6. The van der Waals surface area contributed by atoms with E-state index in [0.717, 1.165) is 24.0 Å². The normalized spacial score (nSPS) is 11.4. The van der Waals surface area contributed by atoms with E-state index in [1.807, 2.05) is 37.0 Å². The fourth-order valence-corrected chi connectivity index (χ4v) is 1.66. The first-order valence-corrected chi connectivity index (χ1v) is 5.00. The van der Waals surface area contributed by atoms with Gasteiger partial charge in [0, 0.05) is 30.9 Å². The highest BCUT2D eigenvalue weighted by Crippen LogP contribution is 2.09. The van der Waals surface area contributed by atoms with Crippen molar-refractivity contribution in [2.75, 3.05) is 20.6 Å². The Morgan fingerprint density at radius 3 is 2.93 bits per heavy atom. The lowest BCUT2D eigenvalue weighted by atomic mass is 10.3. The highest BCUT2D eigenvalue weighted by molar-refractivity contribution is 5.78. The second-order valence-electron chi connectivity index (χ2n) is 3.92. The number of rotatable bonds is 3. The van der Waals surface area contributed by atoms with Crippen LogP contribution in [-0.2, 0) is 6.54 Å². The monoisotopic (exact) mass is 205 g/mol. The Kier molecular flexibility index (Phi) is 2.60. The van der Waals surface area contributed by atoms with Crippen molar-refractivity contribution in [1.29, 1.82) is 0 Å². The Bertz CT molecular complexity index is 510. The second-order valence-corrected chi connectivity index (χ2v) is 3.92. The molecule has 0 unspecified atom stereocenters. The minimum Gasteiger partial charge on any atom is -0.342 e. The van der Waals surface area contributed by atoms with Crippen molar-refractivity contribution < 1.29 is 0 Å². The number of aromatic amines is 1. The molecule has 4 heteroatoms. The van der Waals surface area contributed by atoms with Crippen LogP contribution in [0.15, 0.2) is 29.3 Å². The van der Waals surface area contributed by atoms with Gasteiger partial charge in [0.1, 0.15) is 5.52 Å². The molecule has 1 N–H and O–H groups in total. The summed E-state index contributed by atoms with van der Waals surface area (Å²) < 4.78 is 1.99. The number of nitrogens with one attached hydrogen (secondary N) is 1. The summed E-state index contributed by atoms with van der Waals surface area (Å²) in [6.45, 7) is 1.77. The number of hydrogen-bond acceptors (Lipinski definition) is 2. The van der Waals surface area contributed by atoms with E-state index in [2.05, 4.69) is 9.88 Å². The number of nitrogens with zero attached hydrogens (tertiary/aromatic N) is 2. The van der Waals surface area contributed by atoms with Gasteiger partial charge >= 0.3 is 0 Å². The van der Waals surface area contributed by atoms with E-state index in [0.29, 0.717) is 0 Å². The molecule has 4 nitrogen and oxygen atoms in total. The van der Waals surface area contributed by atoms with Crippen LogP contribution in [0.3, 0.4) is 0 Å². The molecule has 2 heterocycles. The maximum absolute atomic E-state index is 11.6. The van der Waals surface area contributed by atoms with Gasteiger partial charge < -0.3 is 14.5 Å². The standard InChI is InChI=1S/C11H15N3O/c1-13(2)7-8-14-6-4-9-3-5-12-11(15)10(9)14/h3-6H,7-8H2,1-2H3,(H,12,15). The highest BCUT2D eigenvalue weighted by atomic mass is 16.1. The Morgan fingerprint density at radius 1 is 1.40 bits per heavy atom. The summed E-state index contributed by atoms with van der Waals surface area (Å²) in [7, 11) is 4.05. The fourth-order valence-electron chi connectivity index (χ4n) is 1.66. The minimum absolute atomic E-state index is 0.0174. The Hall–Kier alpha value is -1.55. The lowest BCUT2D eigenvalue weighted by Gasteiger charge is -2.10. The van der Waals surface area contributed by atoms with Gasteiger partial charge in [-0.1, -0.05) is 0 Å². The van der Waals surface area contributed by atoms with E-state index >= 15 is 0 Å². The van der Waals surface area contributed by atoms with Gasteiger partial charge in [-0.3, -0.25) is 4.79 Å². The van der Waals surface area contributed by atoms with Gasteiger partial charge in [-0.05, 0) is 26.2 Å². The Morgan fingerprint density at radius 2 is 2.20 bits per heavy atom. The molecule has 2 aromatic heterocycles. The van der Waals surface area contributed by atoms with Gasteiger partial charge in [0.2, 0.25) is 0 Å². The number of likely N-dealkylation sites (N-methyl/N-ethyl adjacent to an activating group) is 1. The van der Waals surface area contributed by atoms with Crippen molar-refractivity contribution in [1.82, 2.24) is 14.5 Å². The highest BCUT2D eigenvalue weighted by Gasteiger charge is 2.04. The van der Waals surface area contributed by atoms with Crippen LogP contribution in [-0.4, -0.2) is 35.1 Å². The van der Waals surface area contributed by atoms with Crippen molar-refractivity contribution in [3.8, 4) is 0 Å². The van der Waals surface area contributed by atoms with Gasteiger partial charge in [0.15, 0.2) is 0 Å². The Labute approximate surface area is 88.1 Å². The molecule has 0 aromatic carbocycles. The van der Waals surface area contributed by atoms with Crippen molar-refractivity contribution >= 4 is 10.9 Å². The molecule has 2 rings (SSSR count). The molecule has 0 radical (unpaired) electrons. The first kappa shape index (κ1) is 9.98. The molecule has 0 bridgehead atoms. The molecular formula is C11H15N3O. The summed E-state index contributed by atoms with van der Waals surface area (Å²) in [5.41, 5.74) is 0.746. The number of hydrogen-bond donors (Lipinski definition) is 1. The molecule has 80 valence electrons. The molecule has 0 atom stereocenters. The van der Waals surface area contributed by atoms with Gasteiger partial charge in [-0.15, -0.1) is 0 Å². The van der Waals surface area contributed by atoms with Crippen LogP contribution in [0, 0.1) is 0 Å². The molecule has 0 aliphatic heterocycles. The van der Waals surface area contributed by atoms with Crippen molar-refractivity contribution in [3.63, 3.8) is 0 Å². The molecule has 0 saturated carbocycles. The van der Waals surface area contributed by atoms with Crippen LogP contribution in [0.1, 0.15) is 0 Å². The predicted octanol–water partition coefficient (Wildman–Crippen LogP) is 0.891. The molecule has 0 saturated heterocycles. The maximum Gasteiger partial charge on any atom is 0.272 e. The summed E-state index contributed by atoms with van der Waals surface area (Å²) >= 11 is 0. The topological polar surface area (TPSA) is 41.0 Å². The summed E-state index contributed by atoms with van der Waals surface area (Å²) in [4.78, 5) is 16.4. The van der Waals surface area contributed by atoms with E-state index in [1.165, 1.54) is 0 Å². The third-order valence-corrected chi connectivity index (χ3v) is 2.48. The molecular weight excluding hydrogens is 190 g/mol. The van der Waals surface area contributed by atoms with E-state index in [-0.39, 0.29) is 5.56 Å². The molecule has 0 spiro atoms. The van der Waals surface area contributed by atoms with Gasteiger partial charge in [0.05, 0.1) is 0 Å². The quantitative estimate of drug-likeness (QED) is 0.808. The van der Waals surface area contributed by atoms with E-state index in [1.54, 1.807) is 6.20 Å². The second kappa shape index (κ2) is 3.90. The molecule has 0 aliphatic rings. The zero-order valence-corrected chi connectivity index (χ0v) is 9.03. The van der Waals surface area contributed by atoms with Crippen LogP contribution < -0.4 is 5.56 Å². The minimum atomic E-state index is -0.0174. The lowest BCUT2D eigenvalue weighted by molar-refractivity contribution is 0.387. The molecule has 2 aromatic rings. The summed E-state index contributed by atoms with van der Waals surface area (Å²) in [5.74, 6) is 0. The van der Waals surface area contributed by atoms with Gasteiger partial charge in [0.25, 0.3) is 5.56 Å². The average molecular weight is 205 g/mol. The van der Waals surface area contributed by atoms with E-state index in [4.69, 9.17) is 0 Å². The van der Waals surface area contributed by atoms with Crippen LogP contribution in [0.5, 0.6) is 0 Å². The van der Waals surface area contributed by atoms with E-state index < -0.39 is 0 Å². The van der Waals surface area contributed by atoms with Gasteiger partial charge in [-0.25, -0.2) is 0 Å². The SMILES string of the molecule is CN(C)CCn1ccc2cc[nH]c(=O)c21. The number of H-pyrrole nitrogens is 1. The largest absolute Gasteiger partial charge is 0.342 e. The first-order chi connectivity index (χ1) is 7.18. The fraction of sp³-hybridized carbons (Fsp3) is 0.364. The zero-order chi connectivity index (χ0) is 10.8. The number of aromatic nitrogens is 2. The van der Waals surface area contributed by atoms with Crippen molar-refractivity contribution in [2.24, 2.45) is 0 Å². The predicted molar refractivity (Wildman–Crippen MR) is 61.1 cm³/mol. The third-order valence-electron chi connectivity index (χ3n) is 2.48. The van der Waals surface area contributed by atoms with Crippen LogP contribution >= 0.6 is 0 Å². The van der Waals surface area contributed by atoms with Crippen molar-refractivity contribution in [2.45, 2.75) is 6.54 Å². The van der Waals surface area contributed by atoms with Gasteiger partial charge in [-0.2, -0.15) is 0 Å². The lowest BCUT2D eigenvalue weighted by Crippen LogP contribution is -2.19. The first-order valence-electron chi connectivity index (χ1n) is 5.00. The summed E-state index contributed by atoms with van der Waals surface area (Å²) in [5, 5.41) is 0.998. The van der Waals surface area contributed by atoms with Crippen LogP contribution in [0.25, 0.3) is 10.9 Å². The third kappa shape index (κ3) is 1.94. The molecule has 0 amide bonds. The zero-order valence-electron chi connectivity index (χ0n) is 9.03.